The number of rotatable bonds is 6. The van der Waals surface area contributed by atoms with Gasteiger partial charge >= 0.3 is 0 Å². The van der Waals surface area contributed by atoms with Crippen LogP contribution in [0, 0.1) is 0 Å². The van der Waals surface area contributed by atoms with Gasteiger partial charge in [-0.3, -0.25) is 4.98 Å². The number of aromatic nitrogens is 2. The summed E-state index contributed by atoms with van der Waals surface area (Å²) in [7, 11) is 0. The standard InChI is InChI=1S/C22H20ClN3/c23-19-9-7-16(8-10-19)22(18-4-3-12-24-14-18)25-13-11-17-15-26-21-6-2-1-5-20(17)21/h1-10,12,14-15,22,25-26H,11,13H2. The van der Waals surface area contributed by atoms with E-state index in [1.165, 1.54) is 22.0 Å². The smallest absolute Gasteiger partial charge is 0.0592 e. The van der Waals surface area contributed by atoms with Gasteiger partial charge in [0.05, 0.1) is 6.04 Å². The van der Waals surface area contributed by atoms with Gasteiger partial charge in [0.2, 0.25) is 0 Å². The number of hydrogen-bond acceptors (Lipinski definition) is 2. The lowest BCUT2D eigenvalue weighted by atomic mass is 10.00. The normalized spacial score (nSPS) is 12.3. The zero-order valence-corrected chi connectivity index (χ0v) is 15.1. The number of halogens is 1. The lowest BCUT2D eigenvalue weighted by Crippen LogP contribution is -2.24. The van der Waals surface area contributed by atoms with Gasteiger partial charge in [-0.15, -0.1) is 0 Å². The average molecular weight is 362 g/mol. The molecule has 3 nitrogen and oxygen atoms in total. The van der Waals surface area contributed by atoms with E-state index in [4.69, 9.17) is 11.6 Å². The number of hydrogen-bond donors (Lipinski definition) is 2. The summed E-state index contributed by atoms with van der Waals surface area (Å²) >= 11 is 6.05. The molecule has 2 aromatic heterocycles. The van der Waals surface area contributed by atoms with Crippen LogP contribution >= 0.6 is 11.6 Å². The van der Waals surface area contributed by atoms with Crippen molar-refractivity contribution in [1.29, 1.82) is 0 Å². The van der Waals surface area contributed by atoms with Gasteiger partial charge in [0.15, 0.2) is 0 Å². The molecule has 1 atom stereocenters. The van der Waals surface area contributed by atoms with Crippen molar-refractivity contribution >= 4 is 22.5 Å². The van der Waals surface area contributed by atoms with Crippen molar-refractivity contribution < 1.29 is 0 Å². The second-order valence-corrected chi connectivity index (χ2v) is 6.77. The molecule has 0 saturated heterocycles. The van der Waals surface area contributed by atoms with E-state index < -0.39 is 0 Å². The van der Waals surface area contributed by atoms with E-state index in [0.717, 1.165) is 23.6 Å². The van der Waals surface area contributed by atoms with E-state index in [2.05, 4.69) is 63.9 Å². The van der Waals surface area contributed by atoms with Crippen molar-refractivity contribution in [3.05, 3.63) is 101 Å². The van der Waals surface area contributed by atoms with Gasteiger partial charge in [-0.05, 0) is 47.4 Å². The number of aromatic amines is 1. The zero-order valence-electron chi connectivity index (χ0n) is 14.3. The van der Waals surface area contributed by atoms with Crippen LogP contribution in [0.4, 0.5) is 0 Å². The second-order valence-electron chi connectivity index (χ2n) is 6.33. The Morgan fingerprint density at radius 3 is 2.62 bits per heavy atom. The molecule has 0 radical (unpaired) electrons. The fraction of sp³-hybridized carbons (Fsp3) is 0.136. The van der Waals surface area contributed by atoms with Gasteiger partial charge in [-0.1, -0.05) is 48.0 Å². The summed E-state index contributed by atoms with van der Waals surface area (Å²) < 4.78 is 0. The van der Waals surface area contributed by atoms with Gasteiger partial charge in [0.25, 0.3) is 0 Å². The first kappa shape index (κ1) is 16.8. The molecule has 2 N–H and O–H groups in total. The SMILES string of the molecule is Clc1ccc(C(NCCc2c[nH]c3ccccc23)c2cccnc2)cc1. The van der Waals surface area contributed by atoms with Crippen LogP contribution in [0.1, 0.15) is 22.7 Å². The van der Waals surface area contributed by atoms with Crippen molar-refractivity contribution in [2.24, 2.45) is 0 Å². The van der Waals surface area contributed by atoms with Crippen LogP contribution in [0.5, 0.6) is 0 Å². The van der Waals surface area contributed by atoms with E-state index in [-0.39, 0.29) is 6.04 Å². The van der Waals surface area contributed by atoms with Crippen molar-refractivity contribution in [3.8, 4) is 0 Å². The Morgan fingerprint density at radius 2 is 1.81 bits per heavy atom. The molecule has 4 aromatic rings. The van der Waals surface area contributed by atoms with E-state index in [0.29, 0.717) is 0 Å². The minimum Gasteiger partial charge on any atom is -0.361 e. The van der Waals surface area contributed by atoms with E-state index in [9.17, 15) is 0 Å². The summed E-state index contributed by atoms with van der Waals surface area (Å²) in [5.41, 5.74) is 4.84. The molecule has 4 rings (SSSR count). The van der Waals surface area contributed by atoms with Crippen LogP contribution in [0.3, 0.4) is 0 Å². The van der Waals surface area contributed by atoms with Crippen LogP contribution in [0.25, 0.3) is 10.9 Å². The highest BCUT2D eigenvalue weighted by Gasteiger charge is 2.14. The summed E-state index contributed by atoms with van der Waals surface area (Å²) in [5, 5.41) is 5.72. The predicted octanol–water partition coefficient (Wildman–Crippen LogP) is 5.14. The Hall–Kier alpha value is -2.62. The molecule has 0 bridgehead atoms. The number of pyridine rings is 1. The molecule has 0 aliphatic heterocycles. The highest BCUT2D eigenvalue weighted by Crippen LogP contribution is 2.23. The zero-order chi connectivity index (χ0) is 17.8. The van der Waals surface area contributed by atoms with Crippen molar-refractivity contribution in [2.45, 2.75) is 12.5 Å². The molecule has 0 fully saturated rings. The summed E-state index contributed by atoms with van der Waals surface area (Å²) in [5.74, 6) is 0. The Labute approximate surface area is 158 Å². The topological polar surface area (TPSA) is 40.7 Å². The van der Waals surface area contributed by atoms with Gasteiger partial charge < -0.3 is 10.3 Å². The number of nitrogens with zero attached hydrogens (tertiary/aromatic N) is 1. The molecular formula is C22H20ClN3. The molecule has 4 heteroatoms. The molecule has 0 amide bonds. The lowest BCUT2D eigenvalue weighted by molar-refractivity contribution is 0.605. The minimum atomic E-state index is 0.0890. The summed E-state index contributed by atoms with van der Waals surface area (Å²) in [6.45, 7) is 0.865. The maximum atomic E-state index is 6.05. The Bertz CT molecular complexity index is 977. The highest BCUT2D eigenvalue weighted by atomic mass is 35.5. The molecule has 1 unspecified atom stereocenters. The van der Waals surface area contributed by atoms with Crippen LogP contribution in [-0.4, -0.2) is 16.5 Å². The van der Waals surface area contributed by atoms with Crippen molar-refractivity contribution in [1.82, 2.24) is 15.3 Å². The Morgan fingerprint density at radius 1 is 0.962 bits per heavy atom. The molecule has 2 aromatic carbocycles. The summed E-state index contributed by atoms with van der Waals surface area (Å²) in [6, 6.07) is 20.6. The number of benzene rings is 2. The van der Waals surface area contributed by atoms with Gasteiger partial charge in [-0.2, -0.15) is 0 Å². The third kappa shape index (κ3) is 3.64. The maximum Gasteiger partial charge on any atom is 0.0592 e. The van der Waals surface area contributed by atoms with Crippen LogP contribution in [0.2, 0.25) is 5.02 Å². The number of H-pyrrole nitrogens is 1. The quantitative estimate of drug-likeness (QED) is 0.499. The first-order valence-corrected chi connectivity index (χ1v) is 9.13. The monoisotopic (exact) mass is 361 g/mol. The third-order valence-corrected chi connectivity index (χ3v) is 4.89. The first-order valence-electron chi connectivity index (χ1n) is 8.75. The van der Waals surface area contributed by atoms with Crippen molar-refractivity contribution in [2.75, 3.05) is 6.54 Å². The van der Waals surface area contributed by atoms with E-state index >= 15 is 0 Å². The van der Waals surface area contributed by atoms with E-state index in [1.807, 2.05) is 24.4 Å². The Kier molecular flexibility index (Phi) is 5.00. The molecular weight excluding hydrogens is 342 g/mol. The predicted molar refractivity (Wildman–Crippen MR) is 108 cm³/mol. The van der Waals surface area contributed by atoms with Crippen LogP contribution in [-0.2, 0) is 6.42 Å². The fourth-order valence-electron chi connectivity index (χ4n) is 3.32. The second kappa shape index (κ2) is 7.73. The average Bonchev–Trinajstić information content (AvgIpc) is 3.10. The Balaban J connectivity index is 1.52. The molecule has 0 aliphatic carbocycles. The van der Waals surface area contributed by atoms with E-state index in [1.54, 1.807) is 6.20 Å². The van der Waals surface area contributed by atoms with Gasteiger partial charge in [0, 0.05) is 41.1 Å². The first-order chi connectivity index (χ1) is 12.8. The van der Waals surface area contributed by atoms with Crippen LogP contribution in [0.15, 0.2) is 79.3 Å². The minimum absolute atomic E-state index is 0.0890. The summed E-state index contributed by atoms with van der Waals surface area (Å²) in [6.07, 6.45) is 6.77. The van der Waals surface area contributed by atoms with Crippen LogP contribution < -0.4 is 5.32 Å². The highest BCUT2D eigenvalue weighted by molar-refractivity contribution is 6.30. The molecule has 0 spiro atoms. The molecule has 0 aliphatic rings. The largest absolute Gasteiger partial charge is 0.361 e. The molecule has 2 heterocycles. The summed E-state index contributed by atoms with van der Waals surface area (Å²) in [4.78, 5) is 7.62. The third-order valence-electron chi connectivity index (χ3n) is 4.64. The number of nitrogens with one attached hydrogen (secondary N) is 2. The molecule has 0 saturated carbocycles. The lowest BCUT2D eigenvalue weighted by Gasteiger charge is -2.19. The fourth-order valence-corrected chi connectivity index (χ4v) is 3.45. The molecule has 130 valence electrons. The maximum absolute atomic E-state index is 6.05. The van der Waals surface area contributed by atoms with Gasteiger partial charge in [0.1, 0.15) is 0 Å². The van der Waals surface area contributed by atoms with Gasteiger partial charge in [-0.25, -0.2) is 0 Å². The van der Waals surface area contributed by atoms with Crippen molar-refractivity contribution in [3.63, 3.8) is 0 Å². The number of fused-ring (bicyclic) bond motifs is 1. The molecule has 26 heavy (non-hydrogen) atoms. The number of para-hydroxylation sites is 1.